The molecule has 94 valence electrons. The summed E-state index contributed by atoms with van der Waals surface area (Å²) >= 11 is 5.04. The molecule has 0 amide bonds. The van der Waals surface area contributed by atoms with E-state index in [1.165, 1.54) is 11.3 Å². The van der Waals surface area contributed by atoms with Crippen LogP contribution in [0, 0.1) is 11.7 Å². The molecular weight excluding hydrogens is 246 g/mol. The Morgan fingerprint density at radius 2 is 2.39 bits per heavy atom. The normalized spacial score (nSPS) is 15.6. The fourth-order valence-electron chi connectivity index (χ4n) is 2.32. The van der Waals surface area contributed by atoms with E-state index in [4.69, 9.17) is 12.2 Å². The van der Waals surface area contributed by atoms with Crippen LogP contribution in [0.4, 0.5) is 0 Å². The zero-order valence-electron chi connectivity index (χ0n) is 10.2. The number of aromatic amines is 2. The van der Waals surface area contributed by atoms with Gasteiger partial charge in [-0.25, -0.2) is 4.98 Å². The predicted octanol–water partition coefficient (Wildman–Crippen LogP) is 1.73. The van der Waals surface area contributed by atoms with Gasteiger partial charge in [0.25, 0.3) is 0 Å². The first-order valence-corrected chi connectivity index (χ1v) is 6.42. The number of aromatic nitrogens is 4. The Balaban J connectivity index is 1.75. The van der Waals surface area contributed by atoms with Crippen LogP contribution in [0.3, 0.4) is 0 Å². The minimum Gasteiger partial charge on any atom is -0.334 e. The third-order valence-electron chi connectivity index (χ3n) is 3.20. The van der Waals surface area contributed by atoms with Crippen LogP contribution in [-0.4, -0.2) is 31.6 Å². The Labute approximate surface area is 110 Å². The Kier molecular flexibility index (Phi) is 2.97. The van der Waals surface area contributed by atoms with Crippen molar-refractivity contribution in [1.82, 2.24) is 25.1 Å². The maximum absolute atomic E-state index is 5.04. The molecule has 0 saturated carbocycles. The second-order valence-corrected chi connectivity index (χ2v) is 5.08. The van der Waals surface area contributed by atoms with Gasteiger partial charge in [0, 0.05) is 49.2 Å². The minimum absolute atomic E-state index is 0.574. The molecule has 0 fully saturated rings. The fourth-order valence-corrected chi connectivity index (χ4v) is 2.50. The SMILES string of the molecule is Cc1cc(CN2CCc3[nH]c(=S)ncc3C2)n[nH]1. The lowest BCUT2D eigenvalue weighted by Gasteiger charge is -2.27. The van der Waals surface area contributed by atoms with Gasteiger partial charge in [-0.1, -0.05) is 0 Å². The smallest absolute Gasteiger partial charge is 0.196 e. The van der Waals surface area contributed by atoms with Crippen molar-refractivity contribution in [3.05, 3.63) is 39.7 Å². The minimum atomic E-state index is 0.574. The van der Waals surface area contributed by atoms with E-state index in [1.54, 1.807) is 0 Å². The molecule has 0 aliphatic carbocycles. The zero-order chi connectivity index (χ0) is 12.5. The van der Waals surface area contributed by atoms with Crippen molar-refractivity contribution < 1.29 is 0 Å². The molecule has 0 atom stereocenters. The van der Waals surface area contributed by atoms with Crippen molar-refractivity contribution in [2.75, 3.05) is 6.54 Å². The van der Waals surface area contributed by atoms with E-state index in [-0.39, 0.29) is 0 Å². The number of hydrogen-bond acceptors (Lipinski definition) is 4. The summed E-state index contributed by atoms with van der Waals surface area (Å²) in [5, 5.41) is 7.25. The van der Waals surface area contributed by atoms with E-state index >= 15 is 0 Å². The Hall–Kier alpha value is -1.53. The van der Waals surface area contributed by atoms with Crippen LogP contribution in [0.15, 0.2) is 12.3 Å². The quantitative estimate of drug-likeness (QED) is 0.808. The molecule has 2 aromatic heterocycles. The molecule has 0 bridgehead atoms. The number of nitrogens with zero attached hydrogens (tertiary/aromatic N) is 3. The summed E-state index contributed by atoms with van der Waals surface area (Å²) in [6, 6.07) is 2.09. The molecule has 0 radical (unpaired) electrons. The Morgan fingerprint density at radius 1 is 1.50 bits per heavy atom. The van der Waals surface area contributed by atoms with Gasteiger partial charge in [-0.2, -0.15) is 5.10 Å². The van der Waals surface area contributed by atoms with Crippen LogP contribution in [0.2, 0.25) is 0 Å². The maximum Gasteiger partial charge on any atom is 0.196 e. The molecule has 2 aromatic rings. The number of rotatable bonds is 2. The molecular formula is C12H15N5S. The number of nitrogens with one attached hydrogen (secondary N) is 2. The first-order chi connectivity index (χ1) is 8.70. The summed E-state index contributed by atoms with van der Waals surface area (Å²) < 4.78 is 0.574. The summed E-state index contributed by atoms with van der Waals surface area (Å²) in [6.07, 6.45) is 2.88. The summed E-state index contributed by atoms with van der Waals surface area (Å²) in [5.41, 5.74) is 4.66. The fraction of sp³-hybridized carbons (Fsp3) is 0.417. The highest BCUT2D eigenvalue weighted by molar-refractivity contribution is 7.71. The van der Waals surface area contributed by atoms with E-state index < -0.39 is 0 Å². The lowest BCUT2D eigenvalue weighted by molar-refractivity contribution is 0.240. The molecule has 0 unspecified atom stereocenters. The number of fused-ring (bicyclic) bond motifs is 1. The van der Waals surface area contributed by atoms with Crippen LogP contribution in [0.25, 0.3) is 0 Å². The van der Waals surface area contributed by atoms with Crippen LogP contribution in [-0.2, 0) is 19.5 Å². The lowest BCUT2D eigenvalue weighted by Crippen LogP contribution is -2.31. The monoisotopic (exact) mass is 261 g/mol. The predicted molar refractivity (Wildman–Crippen MR) is 70.6 cm³/mol. The third-order valence-corrected chi connectivity index (χ3v) is 3.41. The number of H-pyrrole nitrogens is 2. The van der Waals surface area contributed by atoms with Crippen molar-refractivity contribution in [2.24, 2.45) is 0 Å². The molecule has 1 aliphatic heterocycles. The van der Waals surface area contributed by atoms with Crippen LogP contribution in [0.1, 0.15) is 22.6 Å². The van der Waals surface area contributed by atoms with Crippen molar-refractivity contribution in [3.8, 4) is 0 Å². The molecule has 3 heterocycles. The van der Waals surface area contributed by atoms with E-state index in [9.17, 15) is 0 Å². The number of aryl methyl sites for hydroxylation is 1. The van der Waals surface area contributed by atoms with Gasteiger partial charge in [0.2, 0.25) is 0 Å². The number of hydrogen-bond donors (Lipinski definition) is 2. The van der Waals surface area contributed by atoms with Gasteiger partial charge in [0.15, 0.2) is 4.77 Å². The van der Waals surface area contributed by atoms with Crippen molar-refractivity contribution in [2.45, 2.75) is 26.4 Å². The average Bonchev–Trinajstić information content (AvgIpc) is 2.75. The Bertz CT molecular complexity index is 615. The topological polar surface area (TPSA) is 60.6 Å². The highest BCUT2D eigenvalue weighted by Crippen LogP contribution is 2.17. The van der Waals surface area contributed by atoms with Gasteiger partial charge in [0.1, 0.15) is 0 Å². The van der Waals surface area contributed by atoms with Gasteiger partial charge in [-0.3, -0.25) is 10.00 Å². The first-order valence-electron chi connectivity index (χ1n) is 6.01. The van der Waals surface area contributed by atoms with E-state index in [0.29, 0.717) is 4.77 Å². The first kappa shape index (κ1) is 11.6. The third kappa shape index (κ3) is 2.34. The summed E-state index contributed by atoms with van der Waals surface area (Å²) in [6.45, 7) is 4.82. The van der Waals surface area contributed by atoms with Gasteiger partial charge in [-0.15, -0.1) is 0 Å². The lowest BCUT2D eigenvalue weighted by atomic mass is 10.1. The molecule has 3 rings (SSSR count). The second kappa shape index (κ2) is 4.62. The summed E-state index contributed by atoms with van der Waals surface area (Å²) in [5.74, 6) is 0. The van der Waals surface area contributed by atoms with E-state index in [0.717, 1.165) is 37.4 Å². The standard InChI is InChI=1S/C12H15N5S/c1-8-4-10(16-15-8)7-17-3-2-11-9(6-17)5-13-12(18)14-11/h4-5H,2-3,6-7H2,1H3,(H,15,16)(H,13,14,18). The summed E-state index contributed by atoms with van der Waals surface area (Å²) in [7, 11) is 0. The van der Waals surface area contributed by atoms with Gasteiger partial charge in [-0.05, 0) is 25.2 Å². The van der Waals surface area contributed by atoms with E-state index in [1.807, 2.05) is 13.1 Å². The van der Waals surface area contributed by atoms with Gasteiger partial charge < -0.3 is 4.98 Å². The average molecular weight is 261 g/mol. The van der Waals surface area contributed by atoms with E-state index in [2.05, 4.69) is 31.1 Å². The molecule has 0 aromatic carbocycles. The van der Waals surface area contributed by atoms with Crippen LogP contribution in [0.5, 0.6) is 0 Å². The van der Waals surface area contributed by atoms with Crippen LogP contribution < -0.4 is 0 Å². The largest absolute Gasteiger partial charge is 0.334 e. The summed E-state index contributed by atoms with van der Waals surface area (Å²) in [4.78, 5) is 9.69. The van der Waals surface area contributed by atoms with Gasteiger partial charge in [0.05, 0.1) is 5.69 Å². The second-order valence-electron chi connectivity index (χ2n) is 4.70. The molecule has 1 aliphatic rings. The van der Waals surface area contributed by atoms with Crippen molar-refractivity contribution >= 4 is 12.2 Å². The molecule has 5 nitrogen and oxygen atoms in total. The highest BCUT2D eigenvalue weighted by atomic mass is 32.1. The molecule has 6 heteroatoms. The molecule has 18 heavy (non-hydrogen) atoms. The van der Waals surface area contributed by atoms with Crippen molar-refractivity contribution in [1.29, 1.82) is 0 Å². The highest BCUT2D eigenvalue weighted by Gasteiger charge is 2.17. The molecule has 0 saturated heterocycles. The zero-order valence-corrected chi connectivity index (χ0v) is 11.0. The maximum atomic E-state index is 5.04. The van der Waals surface area contributed by atoms with Crippen molar-refractivity contribution in [3.63, 3.8) is 0 Å². The van der Waals surface area contributed by atoms with Gasteiger partial charge >= 0.3 is 0 Å². The Morgan fingerprint density at radius 3 is 3.17 bits per heavy atom. The molecule has 0 spiro atoms. The molecule has 2 N–H and O–H groups in total. The van der Waals surface area contributed by atoms with Crippen LogP contribution >= 0.6 is 12.2 Å².